The molecule has 0 atom stereocenters. The van der Waals surface area contributed by atoms with Crippen molar-refractivity contribution >= 4 is 27.4 Å². The minimum absolute atomic E-state index is 1.00. The van der Waals surface area contributed by atoms with Crippen molar-refractivity contribution in [2.45, 2.75) is 77.2 Å². The van der Waals surface area contributed by atoms with Crippen LogP contribution in [0.25, 0.3) is 0 Å². The lowest BCUT2D eigenvalue weighted by Crippen LogP contribution is -2.01. The fraction of sp³-hybridized carbons (Fsp3) is 1.00. The Hall–Kier alpha value is 0.651. The summed E-state index contributed by atoms with van der Waals surface area (Å²) in [4.78, 5) is 0. The van der Waals surface area contributed by atoms with Gasteiger partial charge in [-0.25, -0.2) is 0 Å². The van der Waals surface area contributed by atoms with Gasteiger partial charge in [0.15, 0.2) is 0 Å². The predicted octanol–water partition coefficient (Wildman–Crippen LogP) is 3.73. The molecule has 0 aliphatic heterocycles. The van der Waals surface area contributed by atoms with Gasteiger partial charge in [-0.2, -0.15) is 0 Å². The largest absolute Gasteiger partial charge is 0.0654 e. The summed E-state index contributed by atoms with van der Waals surface area (Å²) in [6.07, 6.45) is 14.6. The molecule has 0 aliphatic carbocycles. The number of hydrogen-bond donors (Lipinski definition) is 0. The molecule has 0 bridgehead atoms. The quantitative estimate of drug-likeness (QED) is 0.367. The molecule has 15 heavy (non-hydrogen) atoms. The van der Waals surface area contributed by atoms with E-state index in [1.54, 1.807) is 0 Å². The Labute approximate surface area is 105 Å². The van der Waals surface area contributed by atoms with Crippen molar-refractivity contribution in [2.24, 2.45) is 0 Å². The van der Waals surface area contributed by atoms with Crippen LogP contribution in [-0.2, 0) is 0 Å². The molecule has 0 nitrogen and oxygen atoms in total. The Balaban J connectivity index is 2.81. The van der Waals surface area contributed by atoms with Gasteiger partial charge in [0.2, 0.25) is 0 Å². The van der Waals surface area contributed by atoms with Gasteiger partial charge in [-0.05, 0) is 0 Å². The highest BCUT2D eigenvalue weighted by atomic mass is 29.5. The third-order valence-corrected chi connectivity index (χ3v) is 6.40. The highest BCUT2D eigenvalue weighted by molar-refractivity contribution is 7.23. The first-order valence-electron chi connectivity index (χ1n) is 6.56. The summed E-state index contributed by atoms with van der Waals surface area (Å²) in [6, 6.07) is 1.46. The van der Waals surface area contributed by atoms with Crippen LogP contribution in [0.5, 0.6) is 0 Å². The van der Waals surface area contributed by atoms with Gasteiger partial charge in [0.1, 0.15) is 0 Å². The normalized spacial score (nSPS) is 10.8. The van der Waals surface area contributed by atoms with Crippen molar-refractivity contribution in [2.75, 3.05) is 0 Å². The lowest BCUT2D eigenvalue weighted by molar-refractivity contribution is 0.562. The maximum absolute atomic E-state index is 3.56. The van der Waals surface area contributed by atoms with Crippen LogP contribution in [0.4, 0.5) is 0 Å². The van der Waals surface area contributed by atoms with Crippen molar-refractivity contribution in [3.05, 3.63) is 0 Å². The molecule has 0 amide bonds. The molecule has 0 fully saturated rings. The van der Waals surface area contributed by atoms with E-state index in [9.17, 15) is 0 Å². The van der Waals surface area contributed by atoms with E-state index in [2.05, 4.69) is 16.7 Å². The fourth-order valence-electron chi connectivity index (χ4n) is 1.76. The fourth-order valence-corrected chi connectivity index (χ4v) is 4.35. The molecule has 0 saturated carbocycles. The second-order valence-corrected chi connectivity index (χ2v) is 9.40. The van der Waals surface area contributed by atoms with Crippen molar-refractivity contribution in [3.8, 4) is 0 Å². The molecule has 0 heterocycles. The van der Waals surface area contributed by atoms with Crippen molar-refractivity contribution in [1.82, 2.24) is 0 Å². The Morgan fingerprint density at radius 2 is 1.20 bits per heavy atom. The summed E-state index contributed by atoms with van der Waals surface area (Å²) in [5, 5.41) is 0. The molecule has 85 valence electrons. The van der Waals surface area contributed by atoms with Gasteiger partial charge in [0.05, 0.1) is 0 Å². The van der Waals surface area contributed by atoms with Gasteiger partial charge in [0.25, 0.3) is 0 Å². The predicted molar refractivity (Wildman–Crippen MR) is 73.9 cm³/mol. The summed E-state index contributed by atoms with van der Waals surface area (Å²) < 4.78 is 0. The van der Waals surface area contributed by atoms with Crippen LogP contribution < -0.4 is 0 Å². The minimum Gasteiger partial charge on any atom is -0.0654 e. The number of hydrogen-bond acceptors (Lipinski definition) is 0. The van der Waals surface area contributed by atoms with Gasteiger partial charge < -0.3 is 0 Å². The van der Waals surface area contributed by atoms with E-state index in [0.717, 1.165) is 8.55 Å². The first-order chi connectivity index (χ1) is 7.41. The molecule has 0 saturated heterocycles. The second kappa shape index (κ2) is 14.7. The first kappa shape index (κ1) is 15.7. The standard InChI is InChI=1S/C12H25Si3/c1-2-3-4-5-6-7-8-9-10-11-12-14-15-13/h2-12H2,1H3. The molecule has 0 aliphatic rings. The highest BCUT2D eigenvalue weighted by Crippen LogP contribution is 2.10. The van der Waals surface area contributed by atoms with E-state index in [4.69, 9.17) is 0 Å². The van der Waals surface area contributed by atoms with E-state index in [1.807, 2.05) is 0 Å². The van der Waals surface area contributed by atoms with Crippen LogP contribution in [0.2, 0.25) is 6.04 Å². The van der Waals surface area contributed by atoms with Crippen LogP contribution in [0, 0.1) is 0 Å². The molecule has 0 unspecified atom stereocenters. The Morgan fingerprint density at radius 3 is 1.67 bits per heavy atom. The van der Waals surface area contributed by atoms with Crippen molar-refractivity contribution in [3.63, 3.8) is 0 Å². The topological polar surface area (TPSA) is 0 Å². The Morgan fingerprint density at radius 1 is 0.733 bits per heavy atom. The molecular formula is C12H25Si3. The summed E-state index contributed by atoms with van der Waals surface area (Å²) in [5.74, 6) is 0. The average molecular weight is 254 g/mol. The summed E-state index contributed by atoms with van der Waals surface area (Å²) in [5.41, 5.74) is 0. The maximum atomic E-state index is 3.56. The smallest absolute Gasteiger partial charge is 0.0180 e. The van der Waals surface area contributed by atoms with E-state index in [0.29, 0.717) is 0 Å². The van der Waals surface area contributed by atoms with Crippen molar-refractivity contribution < 1.29 is 0 Å². The summed E-state index contributed by atoms with van der Waals surface area (Å²) in [7, 11) is 5.73. The van der Waals surface area contributed by atoms with E-state index < -0.39 is 0 Å². The average Bonchev–Trinajstić information content (AvgIpc) is 2.26. The maximum Gasteiger partial charge on any atom is 0.0180 e. The lowest BCUT2D eigenvalue weighted by atomic mass is 10.1. The van der Waals surface area contributed by atoms with E-state index in [-0.39, 0.29) is 0 Å². The Kier molecular flexibility index (Phi) is 15.3. The zero-order valence-corrected chi connectivity index (χ0v) is 13.3. The third-order valence-electron chi connectivity index (χ3n) is 2.74. The van der Waals surface area contributed by atoms with Crippen LogP contribution in [0.15, 0.2) is 0 Å². The monoisotopic (exact) mass is 253 g/mol. The molecule has 3 heteroatoms. The molecule has 0 aromatic carbocycles. The lowest BCUT2D eigenvalue weighted by Gasteiger charge is -2.01. The number of unbranched alkanes of at least 4 members (excludes halogenated alkanes) is 9. The molecule has 0 N–H and O–H groups in total. The summed E-state index contributed by atoms with van der Waals surface area (Å²) >= 11 is 0. The van der Waals surface area contributed by atoms with E-state index >= 15 is 0 Å². The van der Waals surface area contributed by atoms with E-state index in [1.165, 1.54) is 79.3 Å². The molecule has 0 spiro atoms. The SMILES string of the molecule is CCCCCCCCCCCC[Si][Si][Si]. The molecule has 0 aromatic heterocycles. The van der Waals surface area contributed by atoms with Crippen LogP contribution in [0.3, 0.4) is 0 Å². The van der Waals surface area contributed by atoms with Gasteiger partial charge in [-0.3, -0.25) is 0 Å². The molecule has 0 rings (SSSR count). The second-order valence-electron chi connectivity index (χ2n) is 4.23. The van der Waals surface area contributed by atoms with Gasteiger partial charge in [-0.1, -0.05) is 77.2 Å². The minimum atomic E-state index is 1.00. The molecule has 7 radical (unpaired) electrons. The van der Waals surface area contributed by atoms with Crippen LogP contribution in [0.1, 0.15) is 71.1 Å². The number of rotatable bonds is 12. The highest BCUT2D eigenvalue weighted by Gasteiger charge is 1.92. The van der Waals surface area contributed by atoms with Gasteiger partial charge in [0, 0.05) is 27.4 Å². The van der Waals surface area contributed by atoms with Crippen molar-refractivity contribution in [1.29, 1.82) is 0 Å². The Bertz CT molecular complexity index is 95.0. The third kappa shape index (κ3) is 14.7. The summed E-state index contributed by atoms with van der Waals surface area (Å²) in [6.45, 7) is 2.29. The van der Waals surface area contributed by atoms with Gasteiger partial charge in [-0.15, -0.1) is 0 Å². The molecular weight excluding hydrogens is 228 g/mol. The van der Waals surface area contributed by atoms with Crippen LogP contribution in [-0.4, -0.2) is 27.4 Å². The zero-order valence-electron chi connectivity index (χ0n) is 10.3. The van der Waals surface area contributed by atoms with Gasteiger partial charge >= 0.3 is 0 Å². The first-order valence-corrected chi connectivity index (χ1v) is 11.3. The van der Waals surface area contributed by atoms with Crippen LogP contribution >= 0.6 is 0 Å². The zero-order chi connectivity index (χ0) is 11.2. The molecule has 0 aromatic rings.